The Hall–Kier alpha value is -2.40. The molecule has 23 heavy (non-hydrogen) atoms. The van der Waals surface area contributed by atoms with Crippen molar-refractivity contribution in [2.24, 2.45) is 7.05 Å². The summed E-state index contributed by atoms with van der Waals surface area (Å²) in [5.74, 6) is 0. The van der Waals surface area contributed by atoms with Gasteiger partial charge in [0.15, 0.2) is 0 Å². The highest BCUT2D eigenvalue weighted by Crippen LogP contribution is 2.10. The van der Waals surface area contributed by atoms with Crippen LogP contribution >= 0.6 is 0 Å². The maximum atomic E-state index is 4.27. The first-order valence-electron chi connectivity index (χ1n) is 7.90. The predicted molar refractivity (Wildman–Crippen MR) is 91.0 cm³/mol. The van der Waals surface area contributed by atoms with Crippen LogP contribution in [-0.4, -0.2) is 38.1 Å². The van der Waals surface area contributed by atoms with E-state index in [1.807, 2.05) is 41.1 Å². The highest BCUT2D eigenvalue weighted by molar-refractivity contribution is 5.23. The Morgan fingerprint density at radius 1 is 1.09 bits per heavy atom. The Morgan fingerprint density at radius 3 is 2.70 bits per heavy atom. The molecule has 5 nitrogen and oxygen atoms in total. The second-order valence-electron chi connectivity index (χ2n) is 6.03. The first-order chi connectivity index (χ1) is 11.2. The van der Waals surface area contributed by atoms with Crippen LogP contribution in [0.4, 0.5) is 0 Å². The minimum Gasteiger partial charge on any atom is -0.302 e. The van der Waals surface area contributed by atoms with Crippen molar-refractivity contribution in [1.82, 2.24) is 24.5 Å². The highest BCUT2D eigenvalue weighted by Gasteiger charge is 2.04. The van der Waals surface area contributed by atoms with Crippen LogP contribution in [0, 0.1) is 0 Å². The molecule has 0 aliphatic rings. The van der Waals surface area contributed by atoms with Crippen LogP contribution in [0.15, 0.2) is 55.1 Å². The molecule has 0 saturated carbocycles. The summed E-state index contributed by atoms with van der Waals surface area (Å²) in [6.07, 6.45) is 8.86. The second-order valence-corrected chi connectivity index (χ2v) is 6.03. The van der Waals surface area contributed by atoms with E-state index >= 15 is 0 Å². The van der Waals surface area contributed by atoms with Crippen LogP contribution in [0.3, 0.4) is 0 Å². The molecule has 0 saturated heterocycles. The van der Waals surface area contributed by atoms with Gasteiger partial charge in [0.05, 0.1) is 12.7 Å². The van der Waals surface area contributed by atoms with E-state index in [1.54, 1.807) is 0 Å². The second kappa shape index (κ2) is 7.24. The smallest absolute Gasteiger partial charge is 0.0659 e. The van der Waals surface area contributed by atoms with Gasteiger partial charge in [-0.2, -0.15) is 10.2 Å². The number of nitrogens with zero attached hydrogens (tertiary/aromatic N) is 5. The van der Waals surface area contributed by atoms with Gasteiger partial charge in [-0.15, -0.1) is 0 Å². The Bertz CT molecular complexity index is 729. The van der Waals surface area contributed by atoms with E-state index in [0.29, 0.717) is 0 Å². The largest absolute Gasteiger partial charge is 0.302 e. The fraction of sp³-hybridized carbons (Fsp3) is 0.333. The Labute approximate surface area is 137 Å². The quantitative estimate of drug-likeness (QED) is 0.672. The van der Waals surface area contributed by atoms with Gasteiger partial charge < -0.3 is 4.90 Å². The van der Waals surface area contributed by atoms with Gasteiger partial charge in [0, 0.05) is 38.7 Å². The Balaban J connectivity index is 1.54. The number of aryl methyl sites for hydroxylation is 1. The summed E-state index contributed by atoms with van der Waals surface area (Å²) in [7, 11) is 4.12. The molecule has 0 radical (unpaired) electrons. The summed E-state index contributed by atoms with van der Waals surface area (Å²) in [4.78, 5) is 2.35. The van der Waals surface area contributed by atoms with E-state index in [0.717, 1.165) is 26.1 Å². The van der Waals surface area contributed by atoms with Crippen molar-refractivity contribution in [3.63, 3.8) is 0 Å². The summed E-state index contributed by atoms with van der Waals surface area (Å²) in [6.45, 7) is 2.79. The molecule has 0 aliphatic heterocycles. The molecule has 3 rings (SSSR count). The van der Waals surface area contributed by atoms with Crippen LogP contribution in [0.25, 0.3) is 0 Å². The van der Waals surface area contributed by atoms with Crippen LogP contribution in [0.2, 0.25) is 0 Å². The lowest BCUT2D eigenvalue weighted by molar-refractivity contribution is 0.331. The third-order valence-electron chi connectivity index (χ3n) is 3.89. The topological polar surface area (TPSA) is 38.9 Å². The summed E-state index contributed by atoms with van der Waals surface area (Å²) in [5.41, 5.74) is 3.90. The van der Waals surface area contributed by atoms with Gasteiger partial charge in [0.25, 0.3) is 0 Å². The van der Waals surface area contributed by atoms with Crippen LogP contribution < -0.4 is 0 Å². The molecule has 0 unspecified atom stereocenters. The lowest BCUT2D eigenvalue weighted by atomic mass is 10.1. The number of aromatic nitrogens is 4. The number of hydrogen-bond donors (Lipinski definition) is 0. The number of rotatable bonds is 7. The molecule has 2 heterocycles. The fourth-order valence-electron chi connectivity index (χ4n) is 2.72. The van der Waals surface area contributed by atoms with Gasteiger partial charge in [-0.3, -0.25) is 9.36 Å². The third-order valence-corrected chi connectivity index (χ3v) is 3.89. The van der Waals surface area contributed by atoms with Crippen molar-refractivity contribution in [2.75, 3.05) is 13.6 Å². The molecule has 5 heteroatoms. The molecule has 0 amide bonds. The average Bonchev–Trinajstić information content (AvgIpc) is 3.17. The zero-order valence-electron chi connectivity index (χ0n) is 13.8. The molecule has 0 spiro atoms. The van der Waals surface area contributed by atoms with Crippen molar-refractivity contribution in [2.45, 2.75) is 19.5 Å². The van der Waals surface area contributed by atoms with E-state index < -0.39 is 0 Å². The van der Waals surface area contributed by atoms with Crippen molar-refractivity contribution < 1.29 is 0 Å². The number of hydrogen-bond acceptors (Lipinski definition) is 3. The predicted octanol–water partition coefficient (Wildman–Crippen LogP) is 2.34. The molecular weight excluding hydrogens is 286 g/mol. The third kappa shape index (κ3) is 4.53. The molecule has 0 bridgehead atoms. The van der Waals surface area contributed by atoms with Crippen molar-refractivity contribution >= 4 is 0 Å². The molecule has 0 aliphatic carbocycles. The lowest BCUT2D eigenvalue weighted by Crippen LogP contribution is -2.20. The Kier molecular flexibility index (Phi) is 4.88. The SMILES string of the molecule is CN(CCc1cnn(C)c1)Cc1cccc(Cn2cccn2)c1. The van der Waals surface area contributed by atoms with Crippen LogP contribution in [-0.2, 0) is 26.6 Å². The normalized spacial score (nSPS) is 11.3. The maximum absolute atomic E-state index is 4.27. The summed E-state index contributed by atoms with van der Waals surface area (Å²) in [5, 5.41) is 8.48. The highest BCUT2D eigenvalue weighted by atomic mass is 15.3. The molecule has 120 valence electrons. The maximum Gasteiger partial charge on any atom is 0.0659 e. The summed E-state index contributed by atoms with van der Waals surface area (Å²) in [6, 6.07) is 10.7. The van der Waals surface area contributed by atoms with Crippen molar-refractivity contribution in [3.8, 4) is 0 Å². The molecule has 3 aromatic rings. The Morgan fingerprint density at radius 2 is 1.96 bits per heavy atom. The van der Waals surface area contributed by atoms with Crippen molar-refractivity contribution in [3.05, 3.63) is 71.8 Å². The first kappa shape index (κ1) is 15.5. The summed E-state index contributed by atoms with van der Waals surface area (Å²) < 4.78 is 3.80. The van der Waals surface area contributed by atoms with E-state index in [9.17, 15) is 0 Å². The molecular formula is C18H23N5. The lowest BCUT2D eigenvalue weighted by Gasteiger charge is -2.16. The zero-order chi connectivity index (χ0) is 16.1. The molecule has 2 aromatic heterocycles. The molecule has 0 fully saturated rings. The van der Waals surface area contributed by atoms with Crippen LogP contribution in [0.5, 0.6) is 0 Å². The van der Waals surface area contributed by atoms with E-state index in [2.05, 4.69) is 52.6 Å². The van der Waals surface area contributed by atoms with Gasteiger partial charge in [-0.25, -0.2) is 0 Å². The van der Waals surface area contributed by atoms with Gasteiger partial charge in [0.1, 0.15) is 0 Å². The van der Waals surface area contributed by atoms with Gasteiger partial charge in [0.2, 0.25) is 0 Å². The van der Waals surface area contributed by atoms with E-state index in [4.69, 9.17) is 0 Å². The van der Waals surface area contributed by atoms with E-state index in [1.165, 1.54) is 16.7 Å². The average molecular weight is 309 g/mol. The molecule has 1 aromatic carbocycles. The van der Waals surface area contributed by atoms with Gasteiger partial charge >= 0.3 is 0 Å². The monoisotopic (exact) mass is 309 g/mol. The number of benzene rings is 1. The fourth-order valence-corrected chi connectivity index (χ4v) is 2.72. The van der Waals surface area contributed by atoms with Gasteiger partial charge in [-0.05, 0) is 36.2 Å². The zero-order valence-corrected chi connectivity index (χ0v) is 13.8. The molecule has 0 N–H and O–H groups in total. The van der Waals surface area contributed by atoms with E-state index in [-0.39, 0.29) is 0 Å². The summed E-state index contributed by atoms with van der Waals surface area (Å²) >= 11 is 0. The first-order valence-corrected chi connectivity index (χ1v) is 7.90. The minimum absolute atomic E-state index is 0.820. The minimum atomic E-state index is 0.820. The standard InChI is InChI=1S/C18H23N5/c1-21(10-7-18-12-20-22(2)14-18)13-16-5-3-6-17(11-16)15-23-9-4-8-19-23/h3-6,8-9,11-12,14H,7,10,13,15H2,1-2H3. The van der Waals surface area contributed by atoms with Crippen molar-refractivity contribution in [1.29, 1.82) is 0 Å². The van der Waals surface area contributed by atoms with Gasteiger partial charge in [-0.1, -0.05) is 24.3 Å². The molecule has 0 atom stereocenters. The van der Waals surface area contributed by atoms with Crippen LogP contribution in [0.1, 0.15) is 16.7 Å². The number of likely N-dealkylation sites (N-methyl/N-ethyl adjacent to an activating group) is 1.